The smallest absolute Gasteiger partial charge is 0.325 e. The molecule has 0 fully saturated rings. The van der Waals surface area contributed by atoms with Gasteiger partial charge in [-0.15, -0.1) is 5.41 Å². The third-order valence-corrected chi connectivity index (χ3v) is 5.97. The van der Waals surface area contributed by atoms with Crippen molar-refractivity contribution in [1.29, 1.82) is 0 Å². The van der Waals surface area contributed by atoms with E-state index in [0.717, 1.165) is 57.8 Å². The Kier molecular flexibility index (Phi) is 20.0. The van der Waals surface area contributed by atoms with Crippen molar-refractivity contribution in [2.24, 2.45) is 0 Å². The van der Waals surface area contributed by atoms with Crippen LogP contribution in [0.2, 0.25) is 0 Å². The summed E-state index contributed by atoms with van der Waals surface area (Å²) in [6, 6.07) is 0. The fourth-order valence-corrected chi connectivity index (χ4v) is 3.75. The molecule has 0 saturated carbocycles. The van der Waals surface area contributed by atoms with Crippen molar-refractivity contribution in [3.8, 4) is 0 Å². The van der Waals surface area contributed by atoms with Gasteiger partial charge in [0.15, 0.2) is 0 Å². The number of rotatable bonds is 23. The van der Waals surface area contributed by atoms with Gasteiger partial charge in [0.2, 0.25) is 11.9 Å². The van der Waals surface area contributed by atoms with Crippen LogP contribution in [-0.4, -0.2) is 42.9 Å². The van der Waals surface area contributed by atoms with E-state index < -0.39 is 31.4 Å². The maximum atomic E-state index is 12.2. The number of nitrogens with one attached hydrogen (secondary N) is 1. The maximum absolute atomic E-state index is 12.2. The van der Waals surface area contributed by atoms with Crippen molar-refractivity contribution in [1.82, 2.24) is 15.6 Å². The molecule has 0 heterocycles. The summed E-state index contributed by atoms with van der Waals surface area (Å²) in [4.78, 5) is 24.7. The number of guanidine groups is 1. The Morgan fingerprint density at radius 3 is 1.89 bits per heavy atom. The zero-order valence-electron chi connectivity index (χ0n) is 25.6. The lowest BCUT2D eigenvalue weighted by Gasteiger charge is -2.18. The number of esters is 1. The van der Waals surface area contributed by atoms with Gasteiger partial charge in [-0.25, -0.2) is 0 Å². The summed E-state index contributed by atoms with van der Waals surface area (Å²) in [6.45, 7) is 1.11. The molecule has 0 aliphatic rings. The van der Waals surface area contributed by atoms with Gasteiger partial charge in [0.25, 0.3) is 0 Å². The minimum absolute atomic E-state index is 0.180. The Labute approximate surface area is 220 Å². The van der Waals surface area contributed by atoms with Crippen LogP contribution in [0, 0.1) is 0 Å². The fraction of sp³-hybridized carbons (Fsp3) is 0.828. The fourth-order valence-electron chi connectivity index (χ4n) is 3.75. The molecule has 0 rings (SSSR count). The molecular weight excluding hydrogens is 438 g/mol. The molecule has 0 atom stereocenters. The van der Waals surface area contributed by atoms with Crippen LogP contribution in [0.25, 0.3) is 0 Å². The number of hydrogen-bond acceptors (Lipinski definition) is 3. The number of amides is 1. The molecule has 1 N–H and O–H groups in total. The normalized spacial score (nSPS) is 12.7. The number of carbonyl (C=O) groups excluding carboxylic acids is 2. The highest BCUT2D eigenvalue weighted by Gasteiger charge is 2.14. The van der Waals surface area contributed by atoms with Crippen LogP contribution < -0.4 is 10.7 Å². The van der Waals surface area contributed by atoms with Crippen LogP contribution in [0.15, 0.2) is 12.2 Å². The summed E-state index contributed by atoms with van der Waals surface area (Å²) < 4.78 is 27.9. The number of nitrogens with zero attached hydrogens (tertiary/aromatic N) is 2. The molecule has 203 valence electrons. The highest BCUT2D eigenvalue weighted by Crippen LogP contribution is 2.10. The first-order chi connectivity index (χ1) is 18.2. The van der Waals surface area contributed by atoms with E-state index in [1.165, 1.54) is 44.9 Å². The summed E-state index contributed by atoms with van der Waals surface area (Å²) >= 11 is 0. The zero-order valence-corrected chi connectivity index (χ0v) is 22.6. The number of ether oxygens (including phenoxy) is 1. The van der Waals surface area contributed by atoms with Crippen molar-refractivity contribution in [2.75, 3.05) is 20.1 Å². The number of likely N-dealkylation sites (N-methyl/N-ethyl adjacent to an activating group) is 1. The van der Waals surface area contributed by atoms with E-state index >= 15 is 0 Å². The molecule has 35 heavy (non-hydrogen) atoms. The monoisotopic (exact) mass is 495 g/mol. The average molecular weight is 496 g/mol. The minimum atomic E-state index is -2.79. The van der Waals surface area contributed by atoms with Crippen molar-refractivity contribution in [3.05, 3.63) is 12.2 Å². The van der Waals surface area contributed by atoms with E-state index in [4.69, 9.17) is 8.85 Å². The van der Waals surface area contributed by atoms with E-state index in [1.54, 1.807) is 0 Å². The standard InChI is InChI=1S/C29H54N3O3/c1-4-6-8-10-11-12-13-14-15-16-17-18-19-20-22-24-27(33)31-29(30)32(3)26-28(34)35-25-23-21-9-7-5-2/h14-15H,4-13,16-26H2,1-3H3,(H,31,33)/b15-14-/i3D3. The van der Waals surface area contributed by atoms with E-state index in [-0.39, 0.29) is 13.0 Å². The summed E-state index contributed by atoms with van der Waals surface area (Å²) in [5.41, 5.74) is 0. The molecule has 0 aromatic rings. The Morgan fingerprint density at radius 1 is 0.800 bits per heavy atom. The van der Waals surface area contributed by atoms with Crippen LogP contribution in [0.5, 0.6) is 0 Å². The molecule has 0 aliphatic heterocycles. The highest BCUT2D eigenvalue weighted by atomic mass is 16.5. The van der Waals surface area contributed by atoms with Gasteiger partial charge in [-0.1, -0.05) is 103 Å². The van der Waals surface area contributed by atoms with Crippen LogP contribution >= 0.6 is 0 Å². The molecule has 0 saturated heterocycles. The second-order valence-electron chi connectivity index (χ2n) is 9.43. The zero-order chi connectivity index (χ0) is 28.5. The van der Waals surface area contributed by atoms with Gasteiger partial charge < -0.3 is 9.64 Å². The molecule has 1 amide bonds. The van der Waals surface area contributed by atoms with Crippen molar-refractivity contribution < 1.29 is 18.4 Å². The SMILES string of the molecule is [2H]C([2H])([2H])N(CC(=O)OCCCCCCC)C(=[N])NC(=O)CCCCCCC/C=C\CCCCCCCC. The predicted octanol–water partition coefficient (Wildman–Crippen LogP) is 6.74. The number of unbranched alkanes of at least 4 members (excludes halogenated alkanes) is 15. The van der Waals surface area contributed by atoms with Gasteiger partial charge in [0.05, 0.1) is 6.61 Å². The molecule has 0 spiro atoms. The lowest BCUT2D eigenvalue weighted by molar-refractivity contribution is -0.144. The summed E-state index contributed by atoms with van der Waals surface area (Å²) in [6.07, 6.45) is 24.7. The van der Waals surface area contributed by atoms with Crippen LogP contribution in [0.1, 0.15) is 140 Å². The predicted molar refractivity (Wildman–Crippen MR) is 147 cm³/mol. The molecule has 6 heteroatoms. The molecule has 0 aromatic heterocycles. The lowest BCUT2D eigenvalue weighted by atomic mass is 10.1. The number of allylic oxidation sites excluding steroid dienone is 2. The van der Waals surface area contributed by atoms with Gasteiger partial charge in [0, 0.05) is 17.5 Å². The second kappa shape index (κ2) is 25.2. The quantitative estimate of drug-likeness (QED) is 0.0559. The molecule has 1 radical (unpaired) electrons. The topological polar surface area (TPSA) is 80.9 Å². The summed E-state index contributed by atoms with van der Waals surface area (Å²) in [7, 11) is 0. The van der Waals surface area contributed by atoms with Crippen molar-refractivity contribution in [2.45, 2.75) is 136 Å². The minimum Gasteiger partial charge on any atom is -0.464 e. The summed E-state index contributed by atoms with van der Waals surface area (Å²) in [5, 5.41) is 12.4. The third kappa shape index (κ3) is 23.7. The third-order valence-electron chi connectivity index (χ3n) is 5.97. The van der Waals surface area contributed by atoms with E-state index in [1.807, 2.05) is 0 Å². The largest absolute Gasteiger partial charge is 0.464 e. The van der Waals surface area contributed by atoms with Crippen LogP contribution in [-0.2, 0) is 14.3 Å². The first-order valence-corrected chi connectivity index (χ1v) is 14.2. The van der Waals surface area contributed by atoms with Gasteiger partial charge in [0.1, 0.15) is 6.54 Å². The van der Waals surface area contributed by atoms with Crippen molar-refractivity contribution in [3.63, 3.8) is 0 Å². The molecule has 0 unspecified atom stereocenters. The molecule has 0 bridgehead atoms. The molecular formula is C29H54N3O3. The highest BCUT2D eigenvalue weighted by molar-refractivity contribution is 5.96. The van der Waals surface area contributed by atoms with Gasteiger partial charge >= 0.3 is 5.97 Å². The van der Waals surface area contributed by atoms with Crippen LogP contribution in [0.3, 0.4) is 0 Å². The van der Waals surface area contributed by atoms with Gasteiger partial charge in [-0.2, -0.15) is 0 Å². The van der Waals surface area contributed by atoms with E-state index in [2.05, 4.69) is 31.3 Å². The Bertz CT molecular complexity index is 655. The molecule has 0 aliphatic carbocycles. The molecule has 6 nitrogen and oxygen atoms in total. The van der Waals surface area contributed by atoms with Gasteiger partial charge in [-0.3, -0.25) is 14.9 Å². The number of hydrogen-bond donors (Lipinski definition) is 1. The summed E-state index contributed by atoms with van der Waals surface area (Å²) in [5.74, 6) is -2.07. The number of carbonyl (C=O) groups is 2. The van der Waals surface area contributed by atoms with Crippen molar-refractivity contribution >= 4 is 17.8 Å². The Balaban J connectivity index is 3.99. The Hall–Kier alpha value is -1.85. The Morgan fingerprint density at radius 2 is 1.31 bits per heavy atom. The van der Waals surface area contributed by atoms with Crippen LogP contribution in [0.4, 0.5) is 0 Å². The average Bonchev–Trinajstić information content (AvgIpc) is 2.86. The second-order valence-corrected chi connectivity index (χ2v) is 9.43. The molecule has 0 aromatic carbocycles. The van der Waals surface area contributed by atoms with E-state index in [9.17, 15) is 15.0 Å². The lowest BCUT2D eigenvalue weighted by Crippen LogP contribution is -2.45. The first kappa shape index (κ1) is 27.7. The van der Waals surface area contributed by atoms with E-state index in [0.29, 0.717) is 17.7 Å². The first-order valence-electron chi connectivity index (χ1n) is 15.7. The maximum Gasteiger partial charge on any atom is 0.325 e. The van der Waals surface area contributed by atoms with Gasteiger partial charge in [-0.05, 0) is 38.5 Å².